The van der Waals surface area contributed by atoms with Crippen molar-refractivity contribution in [2.45, 2.75) is 43.9 Å². The fourth-order valence-electron chi connectivity index (χ4n) is 2.47. The Morgan fingerprint density at radius 3 is 2.32 bits per heavy atom. The normalized spacial score (nSPS) is 11.0. The Labute approximate surface area is 171 Å². The molecule has 7 heteroatoms. The standard InChI is InChI=1S/C18H22O5S.Na/c1-2-3-4-8-11-15-16(23-14-9-6-5-7-10-14)12-13-17(18(15)19)24(20,21)22;/h5-7,9-10,12-13,19H,2-4,8,11H2,1H3,(H,20,21,22);/q;+1/p-1. The summed E-state index contributed by atoms with van der Waals surface area (Å²) in [5.74, 6) is 0.198. The van der Waals surface area contributed by atoms with Gasteiger partial charge in [-0.05, 0) is 42.7 Å². The molecule has 0 aliphatic carbocycles. The minimum absolute atomic E-state index is 0. The molecule has 0 amide bonds. The first kappa shape index (κ1) is 22.0. The molecule has 1 N–H and O–H groups in total. The van der Waals surface area contributed by atoms with E-state index >= 15 is 0 Å². The molecule has 0 aliphatic heterocycles. The average Bonchev–Trinajstić information content (AvgIpc) is 2.53. The van der Waals surface area contributed by atoms with Crippen LogP contribution >= 0.6 is 0 Å². The Bertz CT molecular complexity index is 776. The van der Waals surface area contributed by atoms with Gasteiger partial charge in [0.15, 0.2) is 0 Å². The molecule has 0 spiro atoms. The number of rotatable bonds is 8. The van der Waals surface area contributed by atoms with E-state index in [1.807, 2.05) is 6.07 Å². The topological polar surface area (TPSA) is 86.7 Å². The summed E-state index contributed by atoms with van der Waals surface area (Å²) >= 11 is 0. The van der Waals surface area contributed by atoms with Crippen LogP contribution in [0.25, 0.3) is 0 Å². The molecule has 0 unspecified atom stereocenters. The molecule has 0 radical (unpaired) electrons. The van der Waals surface area contributed by atoms with Crippen LogP contribution in [0.2, 0.25) is 0 Å². The predicted octanol–water partition coefficient (Wildman–Crippen LogP) is 0.926. The van der Waals surface area contributed by atoms with Gasteiger partial charge in [-0.15, -0.1) is 0 Å². The van der Waals surface area contributed by atoms with Crippen molar-refractivity contribution < 1.29 is 52.4 Å². The number of hydrogen-bond acceptors (Lipinski definition) is 4. The summed E-state index contributed by atoms with van der Waals surface area (Å²) in [7, 11) is -4.55. The maximum atomic E-state index is 12.5. The summed E-state index contributed by atoms with van der Waals surface area (Å²) < 4.78 is 37.7. The maximum Gasteiger partial charge on any atom is 1.00 e. The quantitative estimate of drug-likeness (QED) is 0.423. The van der Waals surface area contributed by atoms with E-state index in [0.29, 0.717) is 17.9 Å². The molecule has 2 aromatic carbocycles. The largest absolute Gasteiger partial charge is 1.00 e. The Balaban J connectivity index is 0.00000312. The van der Waals surface area contributed by atoms with Crippen molar-refractivity contribution in [3.8, 4) is 17.2 Å². The van der Waals surface area contributed by atoms with E-state index in [2.05, 4.69) is 6.92 Å². The van der Waals surface area contributed by atoms with Crippen molar-refractivity contribution in [1.29, 1.82) is 0 Å². The molecule has 25 heavy (non-hydrogen) atoms. The number of hydrogen-bond donors (Lipinski definition) is 1. The van der Waals surface area contributed by atoms with Crippen molar-refractivity contribution in [3.05, 3.63) is 48.0 Å². The maximum absolute atomic E-state index is 12.5. The van der Waals surface area contributed by atoms with Gasteiger partial charge in [-0.1, -0.05) is 50.1 Å². The zero-order chi connectivity index (χ0) is 17.6. The molecule has 2 aromatic rings. The van der Waals surface area contributed by atoms with E-state index in [4.69, 9.17) is 4.74 Å². The summed E-state index contributed by atoms with van der Waals surface area (Å²) in [4.78, 5) is -0.603. The van der Waals surface area contributed by atoms with Crippen LogP contribution in [0.3, 0.4) is 0 Å². The Hall–Kier alpha value is -1.05. The average molecular weight is 372 g/mol. The number of unbranched alkanes of at least 4 members (excludes halogenated alkanes) is 3. The van der Waals surface area contributed by atoms with E-state index in [0.717, 1.165) is 31.7 Å². The van der Waals surface area contributed by atoms with Crippen molar-refractivity contribution in [3.63, 3.8) is 0 Å². The van der Waals surface area contributed by atoms with E-state index in [1.165, 1.54) is 6.07 Å². The van der Waals surface area contributed by atoms with Crippen LogP contribution in [0.15, 0.2) is 47.4 Å². The molecular formula is C18H21NaO5S. The van der Waals surface area contributed by atoms with E-state index in [9.17, 15) is 18.1 Å². The smallest absolute Gasteiger partial charge is 0.871 e. The third kappa shape index (κ3) is 6.31. The SMILES string of the molecule is CCCCCCc1c(Oc2ccccc2)ccc(S(=O)(=O)O)c1[O-].[Na+]. The van der Waals surface area contributed by atoms with Gasteiger partial charge in [0, 0.05) is 0 Å². The fraction of sp³-hybridized carbons (Fsp3) is 0.333. The van der Waals surface area contributed by atoms with Crippen LogP contribution in [-0.2, 0) is 16.5 Å². The molecule has 0 heterocycles. The zero-order valence-electron chi connectivity index (χ0n) is 14.6. The summed E-state index contributed by atoms with van der Waals surface area (Å²) in [6, 6.07) is 11.5. The van der Waals surface area contributed by atoms with Crippen LogP contribution < -0.4 is 39.4 Å². The molecule has 0 saturated heterocycles. The first-order chi connectivity index (χ1) is 11.4. The van der Waals surface area contributed by atoms with Gasteiger partial charge in [-0.3, -0.25) is 4.55 Å². The van der Waals surface area contributed by atoms with Gasteiger partial charge in [-0.25, -0.2) is 0 Å². The van der Waals surface area contributed by atoms with Crippen LogP contribution in [0.5, 0.6) is 17.2 Å². The first-order valence-electron chi connectivity index (χ1n) is 7.96. The Morgan fingerprint density at radius 1 is 1.04 bits per heavy atom. The third-order valence-corrected chi connectivity index (χ3v) is 4.59. The fourth-order valence-corrected chi connectivity index (χ4v) is 3.07. The number of para-hydroxylation sites is 1. The van der Waals surface area contributed by atoms with Gasteiger partial charge >= 0.3 is 29.6 Å². The second kappa shape index (κ2) is 10.2. The second-order valence-electron chi connectivity index (χ2n) is 5.57. The summed E-state index contributed by atoms with van der Waals surface area (Å²) in [6.45, 7) is 2.09. The molecule has 0 bridgehead atoms. The van der Waals surface area contributed by atoms with Gasteiger partial charge < -0.3 is 9.84 Å². The molecule has 0 atom stereocenters. The molecule has 5 nitrogen and oxygen atoms in total. The number of benzene rings is 2. The van der Waals surface area contributed by atoms with Crippen LogP contribution in [-0.4, -0.2) is 13.0 Å². The zero-order valence-corrected chi connectivity index (χ0v) is 17.4. The van der Waals surface area contributed by atoms with E-state index in [1.54, 1.807) is 24.3 Å². The second-order valence-corrected chi connectivity index (χ2v) is 6.96. The van der Waals surface area contributed by atoms with Crippen molar-refractivity contribution in [2.24, 2.45) is 0 Å². The molecule has 0 aromatic heterocycles. The third-order valence-electron chi connectivity index (χ3n) is 3.71. The van der Waals surface area contributed by atoms with Crippen molar-refractivity contribution >= 4 is 10.1 Å². The summed E-state index contributed by atoms with van der Waals surface area (Å²) in [5, 5.41) is 12.5. The van der Waals surface area contributed by atoms with Gasteiger partial charge in [0.05, 0.1) is 4.90 Å². The van der Waals surface area contributed by atoms with Crippen LogP contribution in [0, 0.1) is 0 Å². The van der Waals surface area contributed by atoms with Crippen molar-refractivity contribution in [2.75, 3.05) is 0 Å². The predicted molar refractivity (Wildman–Crippen MR) is 90.1 cm³/mol. The van der Waals surface area contributed by atoms with Gasteiger partial charge in [0.2, 0.25) is 0 Å². The summed E-state index contributed by atoms with van der Waals surface area (Å²) in [6.07, 6.45) is 4.20. The first-order valence-corrected chi connectivity index (χ1v) is 9.40. The Morgan fingerprint density at radius 2 is 1.72 bits per heavy atom. The van der Waals surface area contributed by atoms with E-state index in [-0.39, 0.29) is 35.1 Å². The number of ether oxygens (including phenoxy) is 1. The molecular weight excluding hydrogens is 351 g/mol. The monoisotopic (exact) mass is 372 g/mol. The Kier molecular flexibility index (Phi) is 8.96. The van der Waals surface area contributed by atoms with E-state index < -0.39 is 20.8 Å². The van der Waals surface area contributed by atoms with Crippen molar-refractivity contribution in [1.82, 2.24) is 0 Å². The van der Waals surface area contributed by atoms with Gasteiger partial charge in [0.1, 0.15) is 11.5 Å². The van der Waals surface area contributed by atoms with Gasteiger partial charge in [0.25, 0.3) is 10.1 Å². The van der Waals surface area contributed by atoms with Gasteiger partial charge in [-0.2, -0.15) is 8.42 Å². The minimum Gasteiger partial charge on any atom is -0.871 e. The van der Waals surface area contributed by atoms with Crippen LogP contribution in [0.1, 0.15) is 38.2 Å². The summed E-state index contributed by atoms with van der Waals surface area (Å²) in [5.41, 5.74) is 0.282. The molecule has 2 rings (SSSR count). The minimum atomic E-state index is -4.55. The van der Waals surface area contributed by atoms with Crippen LogP contribution in [0.4, 0.5) is 0 Å². The molecule has 130 valence electrons. The molecule has 0 fully saturated rings. The molecule has 0 saturated carbocycles. The molecule has 0 aliphatic rings.